The van der Waals surface area contributed by atoms with Crippen molar-refractivity contribution in [1.82, 2.24) is 25.2 Å². The predicted molar refractivity (Wildman–Crippen MR) is 133 cm³/mol. The van der Waals surface area contributed by atoms with E-state index in [1.165, 1.54) is 46.0 Å². The highest BCUT2D eigenvalue weighted by atomic mass is 32.2. The number of nitrogens with zero attached hydrogens (tertiary/aromatic N) is 5. The first-order chi connectivity index (χ1) is 16.7. The van der Waals surface area contributed by atoms with Gasteiger partial charge in [0.05, 0.1) is 25.7 Å². The van der Waals surface area contributed by atoms with E-state index >= 15 is 0 Å². The number of aromatic nitrogens is 5. The summed E-state index contributed by atoms with van der Waals surface area (Å²) in [7, 11) is -7.08. The lowest BCUT2D eigenvalue weighted by atomic mass is 10.3. The van der Waals surface area contributed by atoms with Crippen molar-refractivity contribution in [3.05, 3.63) is 72.8 Å². The molecule has 0 aliphatic heterocycles. The van der Waals surface area contributed by atoms with Gasteiger partial charge in [0.25, 0.3) is 10.0 Å². The van der Waals surface area contributed by atoms with Gasteiger partial charge in [0, 0.05) is 11.9 Å². The minimum absolute atomic E-state index is 0.0974. The molecular weight excluding hydrogens is 529 g/mol. The highest BCUT2D eigenvalue weighted by Gasteiger charge is 2.17. The number of para-hydroxylation sites is 1. The van der Waals surface area contributed by atoms with Gasteiger partial charge in [-0.1, -0.05) is 18.2 Å². The second-order valence-corrected chi connectivity index (χ2v) is 13.3. The molecule has 35 heavy (non-hydrogen) atoms. The lowest BCUT2D eigenvalue weighted by molar-refractivity contribution is 0.600. The molecule has 3 aromatic carbocycles. The van der Waals surface area contributed by atoms with Crippen LogP contribution < -0.4 is 4.72 Å². The van der Waals surface area contributed by atoms with Gasteiger partial charge in [0.1, 0.15) is 0 Å². The molecule has 10 nitrogen and oxygen atoms in total. The molecule has 5 aromatic rings. The van der Waals surface area contributed by atoms with Crippen molar-refractivity contribution >= 4 is 58.9 Å². The Bertz CT molecular complexity index is 1730. The number of sulfonamides is 1. The van der Waals surface area contributed by atoms with Crippen LogP contribution in [-0.2, 0) is 19.9 Å². The Balaban J connectivity index is 1.38. The van der Waals surface area contributed by atoms with Crippen LogP contribution in [-0.4, -0.2) is 48.3 Å². The number of sulfone groups is 1. The predicted octanol–water partition coefficient (Wildman–Crippen LogP) is 3.63. The molecule has 2 heterocycles. The van der Waals surface area contributed by atoms with Gasteiger partial charge in [0.2, 0.25) is 5.16 Å². The number of hydrogen-bond donors (Lipinski definition) is 1. The summed E-state index contributed by atoms with van der Waals surface area (Å²) >= 11 is 2.55. The second kappa shape index (κ2) is 9.03. The fourth-order valence-electron chi connectivity index (χ4n) is 3.13. The molecule has 0 fully saturated rings. The van der Waals surface area contributed by atoms with Gasteiger partial charge < -0.3 is 0 Å². The van der Waals surface area contributed by atoms with Crippen LogP contribution in [0.25, 0.3) is 15.9 Å². The van der Waals surface area contributed by atoms with Crippen LogP contribution in [0.3, 0.4) is 0 Å². The number of nitrogens with one attached hydrogen (secondary N) is 1. The third-order valence-electron chi connectivity index (χ3n) is 4.81. The first kappa shape index (κ1) is 23.4. The van der Waals surface area contributed by atoms with Crippen molar-refractivity contribution in [2.75, 3.05) is 11.0 Å². The van der Waals surface area contributed by atoms with Crippen molar-refractivity contribution in [2.45, 2.75) is 19.3 Å². The molecule has 0 aliphatic rings. The summed E-state index contributed by atoms with van der Waals surface area (Å²) < 4.78 is 54.4. The maximum atomic E-state index is 12.7. The van der Waals surface area contributed by atoms with E-state index in [9.17, 15) is 16.8 Å². The molecule has 0 saturated carbocycles. The van der Waals surface area contributed by atoms with E-state index in [0.717, 1.165) is 11.0 Å². The molecule has 5 rings (SSSR count). The van der Waals surface area contributed by atoms with E-state index in [-0.39, 0.29) is 9.79 Å². The number of tetrazole rings is 1. The smallest absolute Gasteiger partial charge is 0.261 e. The number of hydrogen-bond acceptors (Lipinski definition) is 10. The average molecular weight is 545 g/mol. The minimum atomic E-state index is -3.75. The van der Waals surface area contributed by atoms with Gasteiger partial charge in [-0.15, -0.1) is 16.4 Å². The van der Waals surface area contributed by atoms with E-state index < -0.39 is 19.9 Å². The molecule has 0 saturated heterocycles. The molecule has 0 radical (unpaired) electrons. The number of fused-ring (bicyclic) bond motifs is 1. The molecule has 178 valence electrons. The number of anilines is 1. The van der Waals surface area contributed by atoms with Crippen molar-refractivity contribution < 1.29 is 16.8 Å². The van der Waals surface area contributed by atoms with Crippen LogP contribution in [0, 0.1) is 0 Å². The highest BCUT2D eigenvalue weighted by Crippen LogP contribution is 2.35. The third-order valence-corrected chi connectivity index (χ3v) is 9.33. The zero-order valence-electron chi connectivity index (χ0n) is 17.9. The quantitative estimate of drug-likeness (QED) is 0.326. The zero-order chi connectivity index (χ0) is 24.6. The lowest BCUT2D eigenvalue weighted by Gasteiger charge is -2.09. The van der Waals surface area contributed by atoms with Crippen LogP contribution >= 0.6 is 23.1 Å². The topological polar surface area (TPSA) is 137 Å². The third kappa shape index (κ3) is 5.05. The van der Waals surface area contributed by atoms with E-state index in [4.69, 9.17) is 0 Å². The molecule has 0 amide bonds. The molecule has 1 N–H and O–H groups in total. The Morgan fingerprint density at radius 2 is 1.63 bits per heavy atom. The fraction of sp³-hybridized carbons (Fsp3) is 0.0476. The Morgan fingerprint density at radius 3 is 2.34 bits per heavy atom. The Hall–Kier alpha value is -3.33. The van der Waals surface area contributed by atoms with E-state index in [1.54, 1.807) is 54.6 Å². The number of thiazole rings is 1. The van der Waals surface area contributed by atoms with Gasteiger partial charge in [-0.05, 0) is 76.8 Å². The minimum Gasteiger partial charge on any atom is -0.280 e. The van der Waals surface area contributed by atoms with Crippen LogP contribution in [0.4, 0.5) is 5.69 Å². The number of rotatable bonds is 7. The molecule has 2 aromatic heterocycles. The molecule has 14 heteroatoms. The first-order valence-corrected chi connectivity index (χ1v) is 14.9. The maximum Gasteiger partial charge on any atom is 0.261 e. The summed E-state index contributed by atoms with van der Waals surface area (Å²) in [6.45, 7) is 0. The summed E-state index contributed by atoms with van der Waals surface area (Å²) in [6, 6.07) is 19.6. The summed E-state index contributed by atoms with van der Waals surface area (Å²) in [6.07, 6.45) is 1.16. The van der Waals surface area contributed by atoms with Gasteiger partial charge in [-0.3, -0.25) is 4.72 Å². The molecule has 0 bridgehead atoms. The van der Waals surface area contributed by atoms with Crippen LogP contribution in [0.5, 0.6) is 0 Å². The monoisotopic (exact) mass is 544 g/mol. The zero-order valence-corrected chi connectivity index (χ0v) is 21.2. The van der Waals surface area contributed by atoms with Crippen molar-refractivity contribution in [3.8, 4) is 5.69 Å². The van der Waals surface area contributed by atoms with Gasteiger partial charge in [0.15, 0.2) is 14.2 Å². The van der Waals surface area contributed by atoms with Gasteiger partial charge >= 0.3 is 0 Å². The second-order valence-electron chi connectivity index (χ2n) is 7.32. The van der Waals surface area contributed by atoms with Crippen molar-refractivity contribution in [2.24, 2.45) is 0 Å². The Morgan fingerprint density at radius 1 is 0.914 bits per heavy atom. The van der Waals surface area contributed by atoms with E-state index in [0.29, 0.717) is 26.4 Å². The summed E-state index contributed by atoms with van der Waals surface area (Å²) in [5.74, 6) is 0. The fourth-order valence-corrected chi connectivity index (χ4v) is 6.91. The molecular formula is C21H16N6O4S4. The molecule has 0 aliphatic carbocycles. The highest BCUT2D eigenvalue weighted by molar-refractivity contribution is 8.01. The van der Waals surface area contributed by atoms with Crippen LogP contribution in [0.1, 0.15) is 0 Å². The summed E-state index contributed by atoms with van der Waals surface area (Å²) in [5.41, 5.74) is 1.70. The average Bonchev–Trinajstić information content (AvgIpc) is 3.45. The maximum absolute atomic E-state index is 12.7. The summed E-state index contributed by atoms with van der Waals surface area (Å²) in [5, 5.41) is 12.2. The Labute approximate surface area is 209 Å². The van der Waals surface area contributed by atoms with Crippen molar-refractivity contribution in [1.29, 1.82) is 0 Å². The van der Waals surface area contributed by atoms with E-state index in [1.807, 2.05) is 0 Å². The van der Waals surface area contributed by atoms with E-state index in [2.05, 4.69) is 25.2 Å². The van der Waals surface area contributed by atoms with Gasteiger partial charge in [-0.25, -0.2) is 21.8 Å². The first-order valence-electron chi connectivity index (χ1n) is 9.94. The van der Waals surface area contributed by atoms with Crippen molar-refractivity contribution in [3.63, 3.8) is 0 Å². The lowest BCUT2D eigenvalue weighted by Crippen LogP contribution is -2.13. The largest absolute Gasteiger partial charge is 0.280 e. The molecule has 0 unspecified atom stereocenters. The van der Waals surface area contributed by atoms with Crippen LogP contribution in [0.2, 0.25) is 0 Å². The molecule has 0 atom stereocenters. The SMILES string of the molecule is CS(=O)(=O)c1ccc2nc(Sc3nnnn3-c3ccc(S(=O)(=O)Nc4ccccc4)cc3)sc2c1. The summed E-state index contributed by atoms with van der Waals surface area (Å²) in [4.78, 5) is 4.85. The molecule has 0 spiro atoms. The van der Waals surface area contributed by atoms with Gasteiger partial charge in [-0.2, -0.15) is 4.68 Å². The Kier molecular flexibility index (Phi) is 6.04. The number of benzene rings is 3. The normalized spacial score (nSPS) is 12.1. The standard InChI is InChI=1S/C21H16N6O4S4/c1-34(28,29)17-11-12-18-19(13-17)32-21(22-18)33-20-23-25-26-27(20)15-7-9-16(10-8-15)35(30,31)24-14-5-3-2-4-6-14/h2-13,24H,1H3. The van der Waals surface area contributed by atoms with Crippen LogP contribution in [0.15, 0.2) is 92.1 Å².